The van der Waals surface area contributed by atoms with Gasteiger partial charge in [-0.1, -0.05) is 13.8 Å². The molecular weight excluding hydrogens is 336 g/mol. The maximum absolute atomic E-state index is 11.8. The second-order valence-electron chi connectivity index (χ2n) is 10.9. The van der Waals surface area contributed by atoms with Gasteiger partial charge in [-0.15, -0.1) is 0 Å². The third kappa shape index (κ3) is 1.64. The van der Waals surface area contributed by atoms with E-state index in [0.29, 0.717) is 19.3 Å². The molecule has 0 amide bonds. The van der Waals surface area contributed by atoms with E-state index >= 15 is 0 Å². The summed E-state index contributed by atoms with van der Waals surface area (Å²) in [5.41, 5.74) is -5.30. The van der Waals surface area contributed by atoms with Crippen molar-refractivity contribution in [1.82, 2.24) is 0 Å². The fourth-order valence-corrected chi connectivity index (χ4v) is 8.27. The van der Waals surface area contributed by atoms with Crippen molar-refractivity contribution in [2.24, 2.45) is 28.6 Å². The minimum atomic E-state index is -1.49. The molecule has 1 saturated heterocycles. The largest absolute Gasteiger partial charge is 0.392 e. The third-order valence-corrected chi connectivity index (χ3v) is 9.40. The van der Waals surface area contributed by atoms with E-state index < -0.39 is 45.8 Å². The Bertz CT molecular complexity index is 659. The van der Waals surface area contributed by atoms with Gasteiger partial charge in [0.05, 0.1) is 35.6 Å². The molecule has 5 fully saturated rings. The highest BCUT2D eigenvalue weighted by Crippen LogP contribution is 2.72. The van der Waals surface area contributed by atoms with Gasteiger partial charge in [-0.05, 0) is 45.4 Å². The molecule has 1 heterocycles. The zero-order chi connectivity index (χ0) is 19.1. The molecule has 0 aromatic rings. The van der Waals surface area contributed by atoms with Crippen LogP contribution in [0.1, 0.15) is 53.4 Å². The van der Waals surface area contributed by atoms with Crippen LogP contribution in [-0.4, -0.2) is 66.8 Å². The second-order valence-corrected chi connectivity index (χ2v) is 10.9. The van der Waals surface area contributed by atoms with E-state index in [1.54, 1.807) is 13.8 Å². The van der Waals surface area contributed by atoms with E-state index in [1.807, 2.05) is 13.8 Å². The number of epoxide rings is 1. The predicted molar refractivity (Wildman–Crippen MR) is 92.0 cm³/mol. The maximum atomic E-state index is 11.8. The molecule has 7 unspecified atom stereocenters. The molecular formula is C20H32O6. The summed E-state index contributed by atoms with van der Waals surface area (Å²) in [4.78, 5) is 0. The minimum Gasteiger partial charge on any atom is -0.392 e. The lowest BCUT2D eigenvalue weighted by molar-refractivity contribution is -0.222. The van der Waals surface area contributed by atoms with Crippen molar-refractivity contribution in [3.8, 4) is 0 Å². The Balaban J connectivity index is 1.70. The number of fused-ring (bicyclic) bond motifs is 4. The molecule has 0 aromatic heterocycles. The van der Waals surface area contributed by atoms with Crippen molar-refractivity contribution < 1.29 is 30.3 Å². The topological polar surface area (TPSA) is 114 Å². The molecule has 6 nitrogen and oxygen atoms in total. The average molecular weight is 368 g/mol. The first kappa shape index (κ1) is 17.8. The Kier molecular flexibility index (Phi) is 3.08. The molecule has 148 valence electrons. The molecule has 11 atom stereocenters. The lowest BCUT2D eigenvalue weighted by atomic mass is 9.57. The highest BCUT2D eigenvalue weighted by atomic mass is 16.6. The molecule has 5 aliphatic rings. The van der Waals surface area contributed by atoms with Crippen LogP contribution in [0.15, 0.2) is 0 Å². The van der Waals surface area contributed by atoms with Gasteiger partial charge in [-0.3, -0.25) is 0 Å². The standard InChI is InChI=1S/C20H32O6/c1-16(2)15-12(26-15)13-18(4,24)10-6-5-9-14(22)19(10,8-17(9,3)23)7-11(21)20(13,16)25/h9-15,21-25H,5-8H2,1-4H3/t9?,10?,11?,12?,13?,14?,15?,17-,18-,19+,20-/m1/s1. The Morgan fingerprint density at radius 2 is 1.62 bits per heavy atom. The first-order valence-electron chi connectivity index (χ1n) is 10.0. The first-order chi connectivity index (χ1) is 11.8. The zero-order valence-corrected chi connectivity index (χ0v) is 16.0. The summed E-state index contributed by atoms with van der Waals surface area (Å²) < 4.78 is 5.82. The van der Waals surface area contributed by atoms with Gasteiger partial charge in [0, 0.05) is 22.7 Å². The number of aliphatic hydroxyl groups is 5. The molecule has 1 spiro atoms. The molecule has 6 heteroatoms. The summed E-state index contributed by atoms with van der Waals surface area (Å²) >= 11 is 0. The Hall–Kier alpha value is -0.240. The maximum Gasteiger partial charge on any atom is 0.106 e. The predicted octanol–water partition coefficient (Wildman–Crippen LogP) is 0.185. The van der Waals surface area contributed by atoms with Crippen molar-refractivity contribution in [3.63, 3.8) is 0 Å². The van der Waals surface area contributed by atoms with Crippen molar-refractivity contribution in [2.75, 3.05) is 0 Å². The number of ether oxygens (including phenoxy) is 1. The Morgan fingerprint density at radius 3 is 2.27 bits per heavy atom. The third-order valence-electron chi connectivity index (χ3n) is 9.40. The molecule has 4 saturated carbocycles. The van der Waals surface area contributed by atoms with E-state index in [4.69, 9.17) is 4.74 Å². The van der Waals surface area contributed by atoms with Gasteiger partial charge in [-0.25, -0.2) is 0 Å². The molecule has 0 aromatic carbocycles. The van der Waals surface area contributed by atoms with E-state index in [0.717, 1.165) is 0 Å². The van der Waals surface area contributed by atoms with Gasteiger partial charge >= 0.3 is 0 Å². The molecule has 5 N–H and O–H groups in total. The van der Waals surface area contributed by atoms with Crippen LogP contribution in [-0.2, 0) is 4.74 Å². The average Bonchev–Trinajstić information content (AvgIpc) is 3.22. The van der Waals surface area contributed by atoms with Gasteiger partial charge < -0.3 is 30.3 Å². The Labute approximate surface area is 154 Å². The molecule has 2 bridgehead atoms. The fraction of sp³-hybridized carbons (Fsp3) is 1.00. The summed E-state index contributed by atoms with van der Waals surface area (Å²) in [5.74, 6) is -1.17. The van der Waals surface area contributed by atoms with Crippen molar-refractivity contribution in [3.05, 3.63) is 0 Å². The normalized spacial score (nSPS) is 68.0. The van der Waals surface area contributed by atoms with Gasteiger partial charge in [0.25, 0.3) is 0 Å². The highest BCUT2D eigenvalue weighted by Gasteiger charge is 2.82. The molecule has 4 aliphatic carbocycles. The van der Waals surface area contributed by atoms with Crippen molar-refractivity contribution in [1.29, 1.82) is 0 Å². The first-order valence-corrected chi connectivity index (χ1v) is 10.0. The van der Waals surface area contributed by atoms with Crippen molar-refractivity contribution >= 4 is 0 Å². The highest BCUT2D eigenvalue weighted by molar-refractivity contribution is 5.31. The van der Waals surface area contributed by atoms with Crippen molar-refractivity contribution in [2.45, 2.75) is 94.6 Å². The van der Waals surface area contributed by atoms with E-state index in [2.05, 4.69) is 0 Å². The number of aliphatic hydroxyl groups excluding tert-OH is 2. The van der Waals surface area contributed by atoms with E-state index in [9.17, 15) is 25.5 Å². The van der Waals surface area contributed by atoms with Gasteiger partial charge in [0.2, 0.25) is 0 Å². The van der Waals surface area contributed by atoms with Gasteiger partial charge in [0.15, 0.2) is 0 Å². The number of rotatable bonds is 0. The lowest BCUT2D eigenvalue weighted by Gasteiger charge is -2.51. The molecule has 0 radical (unpaired) electrons. The molecule has 5 rings (SSSR count). The summed E-state index contributed by atoms with van der Waals surface area (Å²) in [6, 6.07) is 0. The molecule has 1 aliphatic heterocycles. The zero-order valence-electron chi connectivity index (χ0n) is 16.0. The van der Waals surface area contributed by atoms with Crippen LogP contribution in [0.4, 0.5) is 0 Å². The SMILES string of the molecule is CC1(C)C2OC2C2[C@](C)(O)C3CCC4C(O)[C@@]3(CC(O)[C@@]21O)C[C@@]4(C)O. The number of hydrogen-bond donors (Lipinski definition) is 5. The fourth-order valence-electron chi connectivity index (χ4n) is 8.27. The van der Waals surface area contributed by atoms with Crippen LogP contribution in [0.2, 0.25) is 0 Å². The van der Waals surface area contributed by atoms with Crippen LogP contribution in [0.5, 0.6) is 0 Å². The van der Waals surface area contributed by atoms with Gasteiger partial charge in [-0.2, -0.15) is 0 Å². The van der Waals surface area contributed by atoms with Crippen LogP contribution in [0.3, 0.4) is 0 Å². The monoisotopic (exact) mass is 368 g/mol. The quantitative estimate of drug-likeness (QED) is 0.390. The lowest BCUT2D eigenvalue weighted by Crippen LogP contribution is -2.63. The summed E-state index contributed by atoms with van der Waals surface area (Å²) in [5, 5.41) is 56.9. The van der Waals surface area contributed by atoms with Crippen LogP contribution < -0.4 is 0 Å². The number of hydrogen-bond acceptors (Lipinski definition) is 6. The van der Waals surface area contributed by atoms with Crippen LogP contribution in [0.25, 0.3) is 0 Å². The summed E-state index contributed by atoms with van der Waals surface area (Å²) in [6.07, 6.45) is -0.485. The smallest absolute Gasteiger partial charge is 0.106 e. The van der Waals surface area contributed by atoms with Crippen LogP contribution in [0, 0.1) is 28.6 Å². The summed E-state index contributed by atoms with van der Waals surface area (Å²) in [6.45, 7) is 7.29. The second kappa shape index (κ2) is 4.50. The van der Waals surface area contributed by atoms with Crippen LogP contribution >= 0.6 is 0 Å². The van der Waals surface area contributed by atoms with E-state index in [1.165, 1.54) is 0 Å². The van der Waals surface area contributed by atoms with E-state index in [-0.39, 0.29) is 30.5 Å². The molecule has 26 heavy (non-hydrogen) atoms. The van der Waals surface area contributed by atoms with Gasteiger partial charge in [0.1, 0.15) is 5.60 Å². The Morgan fingerprint density at radius 1 is 0.962 bits per heavy atom. The summed E-state index contributed by atoms with van der Waals surface area (Å²) in [7, 11) is 0. The minimum absolute atomic E-state index is 0.166.